The molecule has 3 rings (SSSR count). The molecule has 9 heteroatoms. The van der Waals surface area contributed by atoms with Crippen LogP contribution in [0.3, 0.4) is 0 Å². The van der Waals surface area contributed by atoms with Gasteiger partial charge in [-0.2, -0.15) is 5.26 Å². The Morgan fingerprint density at radius 3 is 2.33 bits per heavy atom. The summed E-state index contributed by atoms with van der Waals surface area (Å²) in [5.74, 6) is -1.36. The lowest BCUT2D eigenvalue weighted by Crippen LogP contribution is -2.12. The number of carbonyl (C=O) groups excluding carboxylic acids is 3. The molecule has 186 valence electrons. The largest absolute Gasteiger partial charge is 0.462 e. The van der Waals surface area contributed by atoms with Crippen LogP contribution in [-0.2, 0) is 20.7 Å². The molecule has 0 aliphatic heterocycles. The fourth-order valence-corrected chi connectivity index (χ4v) is 5.27. The third-order valence-electron chi connectivity index (χ3n) is 5.03. The first kappa shape index (κ1) is 27.0. The standard InChI is InChI=1S/C27H25NO6S2/c1-5-32-26(30)24-17(4)25(27(31)33-6-2)36-22(24)14-21(29)18(15-28)13-19-9-12-23(34-19)35-20-10-7-16(3)8-11-20/h7-13H,5-6,14H2,1-4H3/b18-13+. The highest BCUT2D eigenvalue weighted by atomic mass is 32.2. The van der Waals surface area contributed by atoms with Gasteiger partial charge in [0.2, 0.25) is 0 Å². The van der Waals surface area contributed by atoms with Gasteiger partial charge in [-0.25, -0.2) is 9.59 Å². The number of hydrogen-bond donors (Lipinski definition) is 0. The molecular weight excluding hydrogens is 498 g/mol. The third-order valence-corrected chi connectivity index (χ3v) is 7.23. The third kappa shape index (κ3) is 6.53. The van der Waals surface area contributed by atoms with Crippen molar-refractivity contribution < 1.29 is 28.3 Å². The average molecular weight is 524 g/mol. The van der Waals surface area contributed by atoms with Gasteiger partial charge in [-0.05, 0) is 57.5 Å². The van der Waals surface area contributed by atoms with Crippen LogP contribution >= 0.6 is 23.1 Å². The van der Waals surface area contributed by atoms with Gasteiger partial charge in [-0.15, -0.1) is 11.3 Å². The van der Waals surface area contributed by atoms with Gasteiger partial charge in [-0.3, -0.25) is 4.79 Å². The van der Waals surface area contributed by atoms with Crippen molar-refractivity contribution in [1.82, 2.24) is 0 Å². The van der Waals surface area contributed by atoms with Crippen LogP contribution in [0.1, 0.15) is 55.6 Å². The van der Waals surface area contributed by atoms with Crippen molar-refractivity contribution in [2.24, 2.45) is 0 Å². The molecule has 3 aromatic rings. The van der Waals surface area contributed by atoms with E-state index < -0.39 is 17.7 Å². The molecule has 0 atom stereocenters. The summed E-state index contributed by atoms with van der Waals surface area (Å²) in [4.78, 5) is 39.5. The predicted molar refractivity (Wildman–Crippen MR) is 137 cm³/mol. The maximum absolute atomic E-state index is 13.0. The lowest BCUT2D eigenvalue weighted by molar-refractivity contribution is -0.114. The Hall–Kier alpha value is -3.61. The maximum Gasteiger partial charge on any atom is 0.348 e. The Bertz CT molecular complexity index is 1340. The number of aryl methyl sites for hydroxylation is 1. The van der Waals surface area contributed by atoms with Crippen LogP contribution in [-0.4, -0.2) is 30.9 Å². The van der Waals surface area contributed by atoms with E-state index in [-0.39, 0.29) is 35.6 Å². The van der Waals surface area contributed by atoms with Gasteiger partial charge < -0.3 is 13.9 Å². The van der Waals surface area contributed by atoms with E-state index >= 15 is 0 Å². The first-order valence-corrected chi connectivity index (χ1v) is 12.9. The second-order valence-electron chi connectivity index (χ2n) is 7.64. The van der Waals surface area contributed by atoms with E-state index in [1.54, 1.807) is 32.9 Å². The van der Waals surface area contributed by atoms with Crippen molar-refractivity contribution in [3.05, 3.63) is 74.2 Å². The van der Waals surface area contributed by atoms with E-state index in [1.165, 1.54) is 17.8 Å². The second kappa shape index (κ2) is 12.4. The monoisotopic (exact) mass is 523 g/mol. The van der Waals surface area contributed by atoms with Gasteiger partial charge in [0.25, 0.3) is 0 Å². The zero-order chi connectivity index (χ0) is 26.2. The Kier molecular flexibility index (Phi) is 9.28. The van der Waals surface area contributed by atoms with Crippen molar-refractivity contribution in [3.8, 4) is 6.07 Å². The predicted octanol–water partition coefficient (Wildman–Crippen LogP) is 6.18. The van der Waals surface area contributed by atoms with Crippen LogP contribution in [0.15, 0.2) is 56.4 Å². The smallest absolute Gasteiger partial charge is 0.348 e. The Morgan fingerprint density at radius 1 is 1.03 bits per heavy atom. The van der Waals surface area contributed by atoms with E-state index in [0.29, 0.717) is 21.3 Å². The molecule has 0 saturated carbocycles. The minimum Gasteiger partial charge on any atom is -0.462 e. The number of nitrogens with zero attached hydrogens (tertiary/aromatic N) is 1. The number of ether oxygens (including phenoxy) is 2. The van der Waals surface area contributed by atoms with Gasteiger partial charge in [0, 0.05) is 22.3 Å². The molecular formula is C27H25NO6S2. The van der Waals surface area contributed by atoms with Crippen molar-refractivity contribution in [1.29, 1.82) is 5.26 Å². The molecule has 2 aromatic heterocycles. The normalized spacial score (nSPS) is 11.1. The SMILES string of the molecule is CCOC(=O)c1sc(CC(=O)/C(C#N)=C/c2ccc(Sc3ccc(C)cc3)o2)c(C(=O)OCC)c1C. The molecule has 7 nitrogen and oxygen atoms in total. The summed E-state index contributed by atoms with van der Waals surface area (Å²) < 4.78 is 16.0. The number of benzene rings is 1. The molecule has 0 N–H and O–H groups in total. The number of nitriles is 1. The zero-order valence-electron chi connectivity index (χ0n) is 20.4. The summed E-state index contributed by atoms with van der Waals surface area (Å²) in [6, 6.07) is 13.3. The number of ketones is 1. The molecule has 0 spiro atoms. The fourth-order valence-electron chi connectivity index (χ4n) is 3.31. The van der Waals surface area contributed by atoms with Gasteiger partial charge >= 0.3 is 11.9 Å². The van der Waals surface area contributed by atoms with Crippen LogP contribution in [0.25, 0.3) is 6.08 Å². The first-order valence-electron chi connectivity index (χ1n) is 11.2. The lowest BCUT2D eigenvalue weighted by Gasteiger charge is -2.05. The number of allylic oxidation sites excluding steroid dienone is 1. The minimum atomic E-state index is -0.629. The van der Waals surface area contributed by atoms with Gasteiger partial charge in [0.1, 0.15) is 16.7 Å². The molecule has 0 saturated heterocycles. The number of esters is 2. The van der Waals surface area contributed by atoms with Crippen LogP contribution in [0, 0.1) is 25.2 Å². The minimum absolute atomic E-state index is 0.130. The molecule has 0 amide bonds. The van der Waals surface area contributed by atoms with Crippen molar-refractivity contribution in [2.45, 2.75) is 44.1 Å². The van der Waals surface area contributed by atoms with E-state index in [9.17, 15) is 19.6 Å². The number of rotatable bonds is 10. The summed E-state index contributed by atoms with van der Waals surface area (Å²) in [7, 11) is 0. The summed E-state index contributed by atoms with van der Waals surface area (Å²) >= 11 is 2.42. The second-order valence-corrected chi connectivity index (χ2v) is 9.82. The Balaban J connectivity index is 1.84. The topological polar surface area (TPSA) is 107 Å². The van der Waals surface area contributed by atoms with E-state index in [0.717, 1.165) is 21.8 Å². The molecule has 0 aliphatic rings. The lowest BCUT2D eigenvalue weighted by atomic mass is 10.0. The molecule has 0 aliphatic carbocycles. The van der Waals surface area contributed by atoms with Gasteiger partial charge in [-0.1, -0.05) is 29.5 Å². The number of Topliss-reactive ketones (excluding diaryl/α,β-unsaturated/α-hetero) is 1. The molecule has 0 fully saturated rings. The fraction of sp³-hybridized carbons (Fsp3) is 0.259. The summed E-state index contributed by atoms with van der Waals surface area (Å²) in [5.41, 5.74) is 1.58. The Labute approximate surface area is 217 Å². The summed E-state index contributed by atoms with van der Waals surface area (Å²) in [6.45, 7) is 7.29. The number of hydrogen-bond acceptors (Lipinski definition) is 9. The number of carbonyl (C=O) groups is 3. The van der Waals surface area contributed by atoms with Crippen molar-refractivity contribution >= 4 is 46.9 Å². The van der Waals surface area contributed by atoms with Crippen LogP contribution < -0.4 is 0 Å². The van der Waals surface area contributed by atoms with E-state index in [2.05, 4.69) is 0 Å². The number of thiophene rings is 1. The molecule has 36 heavy (non-hydrogen) atoms. The highest BCUT2D eigenvalue weighted by Gasteiger charge is 2.28. The molecule has 0 radical (unpaired) electrons. The van der Waals surface area contributed by atoms with E-state index in [4.69, 9.17) is 13.9 Å². The molecule has 0 unspecified atom stereocenters. The van der Waals surface area contributed by atoms with E-state index in [1.807, 2.05) is 37.3 Å². The summed E-state index contributed by atoms with van der Waals surface area (Å²) in [5, 5.41) is 10.3. The van der Waals surface area contributed by atoms with Gasteiger partial charge in [0.15, 0.2) is 10.9 Å². The molecule has 1 aromatic carbocycles. The maximum atomic E-state index is 13.0. The average Bonchev–Trinajstić information content (AvgIpc) is 3.42. The van der Waals surface area contributed by atoms with Crippen LogP contribution in [0.4, 0.5) is 0 Å². The quantitative estimate of drug-likeness (QED) is 0.176. The highest BCUT2D eigenvalue weighted by molar-refractivity contribution is 7.99. The highest BCUT2D eigenvalue weighted by Crippen LogP contribution is 2.32. The van der Waals surface area contributed by atoms with Crippen LogP contribution in [0.5, 0.6) is 0 Å². The zero-order valence-corrected chi connectivity index (χ0v) is 22.0. The van der Waals surface area contributed by atoms with Crippen molar-refractivity contribution in [3.63, 3.8) is 0 Å². The molecule has 0 bridgehead atoms. The van der Waals surface area contributed by atoms with Crippen molar-refractivity contribution in [2.75, 3.05) is 13.2 Å². The Morgan fingerprint density at radius 2 is 1.69 bits per heavy atom. The molecule has 2 heterocycles. The summed E-state index contributed by atoms with van der Waals surface area (Å²) in [6.07, 6.45) is 1.13. The van der Waals surface area contributed by atoms with Gasteiger partial charge in [0.05, 0.1) is 24.4 Å². The number of furan rings is 1. The first-order chi connectivity index (χ1) is 17.3. The van der Waals surface area contributed by atoms with Crippen LogP contribution in [0.2, 0.25) is 0 Å².